The lowest BCUT2D eigenvalue weighted by atomic mass is 10.1. The summed E-state index contributed by atoms with van der Waals surface area (Å²) in [5.74, 6) is 0.948. The zero-order valence-corrected chi connectivity index (χ0v) is 15.9. The molecule has 3 heteroatoms. The minimum absolute atomic E-state index is 0.803. The van der Waals surface area contributed by atoms with Gasteiger partial charge in [-0.1, -0.05) is 44.4 Å². The lowest BCUT2D eigenvalue weighted by molar-refractivity contribution is 0.305. The van der Waals surface area contributed by atoms with Crippen LogP contribution in [0.1, 0.15) is 43.7 Å². The van der Waals surface area contributed by atoms with Gasteiger partial charge in [0.15, 0.2) is 0 Å². The molecule has 25 heavy (non-hydrogen) atoms. The van der Waals surface area contributed by atoms with Gasteiger partial charge in [0.1, 0.15) is 5.75 Å². The van der Waals surface area contributed by atoms with E-state index in [0.29, 0.717) is 0 Å². The van der Waals surface area contributed by atoms with E-state index in [1.54, 1.807) is 0 Å². The van der Waals surface area contributed by atoms with Gasteiger partial charge in [-0.15, -0.1) is 0 Å². The smallest absolute Gasteiger partial charge is 0.121 e. The molecular formula is C22H32N2O. The van der Waals surface area contributed by atoms with E-state index in [2.05, 4.69) is 61.7 Å². The number of benzene rings is 2. The van der Waals surface area contributed by atoms with Crippen molar-refractivity contribution in [1.29, 1.82) is 0 Å². The van der Waals surface area contributed by atoms with Crippen LogP contribution in [-0.2, 0) is 0 Å². The Kier molecular flexibility index (Phi) is 8.17. The van der Waals surface area contributed by atoms with Crippen LogP contribution in [0.5, 0.6) is 5.75 Å². The van der Waals surface area contributed by atoms with Crippen molar-refractivity contribution in [3.63, 3.8) is 0 Å². The summed E-state index contributed by atoms with van der Waals surface area (Å²) in [6, 6.07) is 14.7. The van der Waals surface area contributed by atoms with Crippen LogP contribution in [0.25, 0.3) is 0 Å². The lowest BCUT2D eigenvalue weighted by Gasteiger charge is -2.13. The molecule has 0 bridgehead atoms. The zero-order chi connectivity index (χ0) is 17.9. The standard InChI is InChI=1S/C22H32N2O/c1-4-5-6-7-15-25-21-10-8-9-20(17-21)23-13-14-24-22-16-18(2)11-12-19(22)3/h8-12,16-17,23-24H,4-7,13-15H2,1-3H3. The molecule has 0 unspecified atom stereocenters. The quantitative estimate of drug-likeness (QED) is 0.508. The molecular weight excluding hydrogens is 308 g/mol. The Labute approximate surface area is 152 Å². The first-order valence-corrected chi connectivity index (χ1v) is 9.47. The summed E-state index contributed by atoms with van der Waals surface area (Å²) in [5.41, 5.74) is 4.88. The van der Waals surface area contributed by atoms with E-state index >= 15 is 0 Å². The van der Waals surface area contributed by atoms with Crippen LogP contribution in [0.15, 0.2) is 42.5 Å². The van der Waals surface area contributed by atoms with Gasteiger partial charge < -0.3 is 15.4 Å². The molecule has 0 fully saturated rings. The second-order valence-corrected chi connectivity index (χ2v) is 6.61. The van der Waals surface area contributed by atoms with Gasteiger partial charge in [-0.25, -0.2) is 0 Å². The molecule has 0 aliphatic rings. The van der Waals surface area contributed by atoms with Gasteiger partial charge in [-0.3, -0.25) is 0 Å². The number of hydrogen-bond donors (Lipinski definition) is 2. The Balaban J connectivity index is 1.71. The largest absolute Gasteiger partial charge is 0.494 e. The summed E-state index contributed by atoms with van der Waals surface area (Å²) in [6.07, 6.45) is 4.93. The molecule has 0 aliphatic carbocycles. The predicted octanol–water partition coefficient (Wildman–Crippen LogP) is 5.79. The van der Waals surface area contributed by atoms with Gasteiger partial charge in [-0.05, 0) is 49.6 Å². The van der Waals surface area contributed by atoms with E-state index < -0.39 is 0 Å². The van der Waals surface area contributed by atoms with Crippen molar-refractivity contribution in [2.24, 2.45) is 0 Å². The van der Waals surface area contributed by atoms with Crippen molar-refractivity contribution in [3.8, 4) is 5.75 Å². The first kappa shape index (κ1) is 19.2. The number of aryl methyl sites for hydroxylation is 2. The highest BCUT2D eigenvalue weighted by Gasteiger charge is 1.99. The number of hydrogen-bond acceptors (Lipinski definition) is 3. The molecule has 2 N–H and O–H groups in total. The molecule has 0 amide bonds. The normalized spacial score (nSPS) is 10.5. The first-order valence-electron chi connectivity index (χ1n) is 9.47. The van der Waals surface area contributed by atoms with Crippen LogP contribution in [0.3, 0.4) is 0 Å². The van der Waals surface area contributed by atoms with Crippen molar-refractivity contribution in [2.45, 2.75) is 46.5 Å². The molecule has 2 rings (SSSR count). The summed E-state index contributed by atoms with van der Waals surface area (Å²) in [6.45, 7) is 9.04. The number of rotatable bonds is 11. The van der Waals surface area contributed by atoms with E-state index in [0.717, 1.165) is 37.6 Å². The van der Waals surface area contributed by atoms with Crippen molar-refractivity contribution in [3.05, 3.63) is 53.6 Å². The molecule has 0 heterocycles. The van der Waals surface area contributed by atoms with Crippen molar-refractivity contribution in [1.82, 2.24) is 0 Å². The average Bonchev–Trinajstić information content (AvgIpc) is 2.62. The van der Waals surface area contributed by atoms with E-state index in [-0.39, 0.29) is 0 Å². The number of ether oxygens (including phenoxy) is 1. The maximum atomic E-state index is 5.84. The van der Waals surface area contributed by atoms with Gasteiger partial charge >= 0.3 is 0 Å². The molecule has 3 nitrogen and oxygen atoms in total. The Hall–Kier alpha value is -2.16. The topological polar surface area (TPSA) is 33.3 Å². The highest BCUT2D eigenvalue weighted by Crippen LogP contribution is 2.18. The second kappa shape index (κ2) is 10.7. The highest BCUT2D eigenvalue weighted by atomic mass is 16.5. The van der Waals surface area contributed by atoms with Crippen LogP contribution in [0, 0.1) is 13.8 Å². The summed E-state index contributed by atoms with van der Waals surface area (Å²) in [4.78, 5) is 0. The molecule has 0 radical (unpaired) electrons. The first-order chi connectivity index (χ1) is 12.2. The summed E-state index contributed by atoms with van der Waals surface area (Å²) < 4.78 is 5.84. The van der Waals surface area contributed by atoms with Gasteiger partial charge in [0.25, 0.3) is 0 Å². The fourth-order valence-corrected chi connectivity index (χ4v) is 2.75. The summed E-state index contributed by atoms with van der Waals surface area (Å²) >= 11 is 0. The van der Waals surface area contributed by atoms with Crippen molar-refractivity contribution >= 4 is 11.4 Å². The van der Waals surface area contributed by atoms with Gasteiger partial charge in [0.05, 0.1) is 6.61 Å². The number of unbranched alkanes of at least 4 members (excludes halogenated alkanes) is 3. The minimum Gasteiger partial charge on any atom is -0.494 e. The number of anilines is 2. The summed E-state index contributed by atoms with van der Waals surface area (Å²) in [5, 5.41) is 6.96. The van der Waals surface area contributed by atoms with Crippen LogP contribution in [0.2, 0.25) is 0 Å². The highest BCUT2D eigenvalue weighted by molar-refractivity contribution is 5.53. The van der Waals surface area contributed by atoms with E-state index in [1.165, 1.54) is 36.1 Å². The van der Waals surface area contributed by atoms with Crippen LogP contribution in [-0.4, -0.2) is 19.7 Å². The van der Waals surface area contributed by atoms with Gasteiger partial charge in [0, 0.05) is 30.5 Å². The fourth-order valence-electron chi connectivity index (χ4n) is 2.75. The van der Waals surface area contributed by atoms with E-state index in [9.17, 15) is 0 Å². The van der Waals surface area contributed by atoms with Crippen LogP contribution < -0.4 is 15.4 Å². The third-order valence-corrected chi connectivity index (χ3v) is 4.26. The minimum atomic E-state index is 0.803. The van der Waals surface area contributed by atoms with E-state index in [1.807, 2.05) is 12.1 Å². The monoisotopic (exact) mass is 340 g/mol. The molecule has 0 saturated heterocycles. The molecule has 2 aromatic rings. The average molecular weight is 341 g/mol. The predicted molar refractivity (Wildman–Crippen MR) is 109 cm³/mol. The maximum Gasteiger partial charge on any atom is 0.121 e. The van der Waals surface area contributed by atoms with E-state index in [4.69, 9.17) is 4.74 Å². The Morgan fingerprint density at radius 2 is 1.72 bits per heavy atom. The molecule has 0 spiro atoms. The third-order valence-electron chi connectivity index (χ3n) is 4.26. The second-order valence-electron chi connectivity index (χ2n) is 6.61. The molecule has 0 atom stereocenters. The SMILES string of the molecule is CCCCCCOc1cccc(NCCNc2cc(C)ccc2C)c1. The van der Waals surface area contributed by atoms with Crippen LogP contribution in [0.4, 0.5) is 11.4 Å². The Bertz CT molecular complexity index is 640. The Morgan fingerprint density at radius 3 is 2.56 bits per heavy atom. The fraction of sp³-hybridized carbons (Fsp3) is 0.455. The molecule has 0 aromatic heterocycles. The van der Waals surface area contributed by atoms with Crippen LogP contribution >= 0.6 is 0 Å². The lowest BCUT2D eigenvalue weighted by Crippen LogP contribution is -2.14. The third kappa shape index (κ3) is 7.08. The van der Waals surface area contributed by atoms with Gasteiger partial charge in [0.2, 0.25) is 0 Å². The molecule has 0 saturated carbocycles. The molecule has 2 aromatic carbocycles. The number of nitrogens with one attached hydrogen (secondary N) is 2. The van der Waals surface area contributed by atoms with Crippen molar-refractivity contribution < 1.29 is 4.74 Å². The van der Waals surface area contributed by atoms with Crippen molar-refractivity contribution in [2.75, 3.05) is 30.3 Å². The van der Waals surface area contributed by atoms with Gasteiger partial charge in [-0.2, -0.15) is 0 Å². The molecule has 0 aliphatic heterocycles. The maximum absolute atomic E-state index is 5.84. The Morgan fingerprint density at radius 1 is 0.880 bits per heavy atom. The summed E-state index contributed by atoms with van der Waals surface area (Å²) in [7, 11) is 0. The zero-order valence-electron chi connectivity index (χ0n) is 15.9. The molecule has 136 valence electrons.